The lowest BCUT2D eigenvalue weighted by Gasteiger charge is -2.28. The number of aromatic amines is 2. The number of aliphatic hydroxyl groups is 2. The zero-order valence-corrected chi connectivity index (χ0v) is 34.9. The van der Waals surface area contributed by atoms with Crippen molar-refractivity contribution in [2.24, 2.45) is 12.8 Å². The quantitative estimate of drug-likeness (QED) is 0.0352. The molecule has 342 valence electrons. The lowest BCUT2D eigenvalue weighted by Crippen LogP contribution is -2.46. The Bertz CT molecular complexity index is 2620. The summed E-state index contributed by atoms with van der Waals surface area (Å²) in [5.74, 6) is -2.40. The monoisotopic (exact) mass is 942 g/mol. The molecule has 4 aromatic rings. The molecule has 0 radical (unpaired) electrons. The number of rotatable bonds is 17. The number of aryl methyl sites for hydroxylation is 1. The van der Waals surface area contributed by atoms with Crippen molar-refractivity contribution in [1.82, 2.24) is 39.4 Å². The molecule has 3 unspecified atom stereocenters. The van der Waals surface area contributed by atoms with Crippen LogP contribution in [0.4, 0.5) is 11.9 Å². The number of nitrogen functional groups attached to an aromatic ring is 2. The van der Waals surface area contributed by atoms with Crippen LogP contribution in [0.1, 0.15) is 32.2 Å². The number of ether oxygens (including phenoxy) is 4. The number of amides is 1. The number of hydrogen-bond acceptors (Lipinski definition) is 23. The predicted octanol–water partition coefficient (Wildman–Crippen LogP) is -4.55. The summed E-state index contributed by atoms with van der Waals surface area (Å²) in [4.78, 5) is 87.2. The highest BCUT2D eigenvalue weighted by Crippen LogP contribution is 2.66. The fourth-order valence-electron chi connectivity index (χ4n) is 7.03. The first kappa shape index (κ1) is 45.9. The van der Waals surface area contributed by atoms with E-state index in [0.29, 0.717) is 0 Å². The second kappa shape index (κ2) is 17.1. The molecular weight excluding hydrogens is 901 g/mol. The first-order valence-electron chi connectivity index (χ1n) is 18.2. The first-order chi connectivity index (χ1) is 29.0. The van der Waals surface area contributed by atoms with Crippen LogP contribution in [-0.2, 0) is 62.2 Å². The van der Waals surface area contributed by atoms with E-state index in [0.717, 1.165) is 4.57 Å². The summed E-state index contributed by atoms with van der Waals surface area (Å²) in [7, 11) is -16.3. The Balaban J connectivity index is 0.993. The van der Waals surface area contributed by atoms with E-state index in [9.17, 15) is 53.0 Å². The van der Waals surface area contributed by atoms with Crippen LogP contribution < -0.4 is 43.1 Å². The highest BCUT2D eigenvalue weighted by Gasteiger charge is 2.58. The van der Waals surface area contributed by atoms with Crippen molar-refractivity contribution < 1.29 is 84.6 Å². The highest BCUT2D eigenvalue weighted by atomic mass is 31.3. The van der Waals surface area contributed by atoms with E-state index < -0.39 is 103 Å². The molecule has 12 atom stereocenters. The van der Waals surface area contributed by atoms with Crippen LogP contribution in [0, 0.1) is 0 Å². The lowest BCUT2D eigenvalue weighted by atomic mass is 10.1. The van der Waals surface area contributed by atoms with E-state index in [1.54, 1.807) is 0 Å². The van der Waals surface area contributed by atoms with Gasteiger partial charge < -0.3 is 70.9 Å². The maximum atomic E-state index is 13.0. The van der Waals surface area contributed by atoms with Gasteiger partial charge in [-0.2, -0.15) is 9.29 Å². The van der Waals surface area contributed by atoms with Gasteiger partial charge in [-0.1, -0.05) is 4.98 Å². The minimum Gasteiger partial charge on any atom is -0.756 e. The van der Waals surface area contributed by atoms with Crippen molar-refractivity contribution in [3.05, 3.63) is 33.4 Å². The van der Waals surface area contributed by atoms with Gasteiger partial charge in [0.25, 0.3) is 24.9 Å². The zero-order chi connectivity index (χ0) is 45.1. The molecule has 0 saturated carbocycles. The number of H-pyrrole nitrogens is 2. The fourth-order valence-corrected chi connectivity index (χ4v) is 10.5. The molecule has 62 heavy (non-hydrogen) atoms. The number of carbonyl (C=O) groups excluding carboxylic acids is 1. The molecule has 0 aliphatic carbocycles. The first-order valence-corrected chi connectivity index (χ1v) is 22.6. The molecule has 0 spiro atoms. The average Bonchev–Trinajstić information content (AvgIpc) is 3.96. The molecule has 13 N–H and O–H groups in total. The molecule has 7 rings (SSSR count). The van der Waals surface area contributed by atoms with Gasteiger partial charge in [0, 0.05) is 25.9 Å². The van der Waals surface area contributed by atoms with Gasteiger partial charge in [-0.25, -0.2) is 23.0 Å². The number of anilines is 2. The Kier molecular flexibility index (Phi) is 12.7. The summed E-state index contributed by atoms with van der Waals surface area (Å²) in [5.41, 5.74) is 15.2. The van der Waals surface area contributed by atoms with Crippen molar-refractivity contribution in [1.29, 1.82) is 0 Å². The molecule has 31 nitrogen and oxygen atoms in total. The van der Waals surface area contributed by atoms with Crippen LogP contribution in [0.3, 0.4) is 0 Å². The largest absolute Gasteiger partial charge is 0.756 e. The Hall–Kier alpha value is -4.10. The molecule has 7 heterocycles. The second-order valence-electron chi connectivity index (χ2n) is 14.2. The number of imidazole rings is 2. The van der Waals surface area contributed by atoms with Crippen LogP contribution in [0.5, 0.6) is 0 Å². The highest BCUT2D eigenvalue weighted by molar-refractivity contribution is 7.66. The van der Waals surface area contributed by atoms with Crippen molar-refractivity contribution >= 4 is 63.6 Å². The third-order valence-electron chi connectivity index (χ3n) is 9.66. The number of phosphoric acid groups is 3. The maximum absolute atomic E-state index is 13.0. The van der Waals surface area contributed by atoms with E-state index in [1.807, 2.05) is 0 Å². The summed E-state index contributed by atoms with van der Waals surface area (Å²) in [6.07, 6.45) is -9.26. The maximum Gasteiger partial charge on any atom is 0.487 e. The number of nitrogens with zero attached hydrogens (tertiary/aromatic N) is 6. The minimum atomic E-state index is -6.10. The molecular formula is C28H41N12O19P3. The van der Waals surface area contributed by atoms with Crippen LogP contribution in [0.25, 0.3) is 22.3 Å². The van der Waals surface area contributed by atoms with Crippen LogP contribution in [-0.4, -0.2) is 129 Å². The van der Waals surface area contributed by atoms with E-state index >= 15 is 0 Å². The lowest BCUT2D eigenvalue weighted by molar-refractivity contribution is -0.745. The Morgan fingerprint density at radius 2 is 1.68 bits per heavy atom. The second-order valence-corrected chi connectivity index (χ2v) is 18.8. The number of fused-ring (bicyclic) bond motifs is 3. The van der Waals surface area contributed by atoms with E-state index in [2.05, 4.69) is 43.4 Å². The van der Waals surface area contributed by atoms with Crippen LogP contribution in [0.2, 0.25) is 0 Å². The molecule has 34 heteroatoms. The number of nitrogens with one attached hydrogen (secondary N) is 3. The van der Waals surface area contributed by atoms with E-state index in [4.69, 9.17) is 40.7 Å². The number of phosphoric ester groups is 2. The van der Waals surface area contributed by atoms with Crippen LogP contribution >= 0.6 is 23.5 Å². The van der Waals surface area contributed by atoms with Crippen LogP contribution in [0.15, 0.2) is 22.2 Å². The molecule has 1 amide bonds. The smallest absolute Gasteiger partial charge is 0.487 e. The van der Waals surface area contributed by atoms with Gasteiger partial charge in [0.1, 0.15) is 36.6 Å². The van der Waals surface area contributed by atoms with Gasteiger partial charge in [0.2, 0.25) is 23.6 Å². The number of aliphatic hydroxyl groups excluding tert-OH is 2. The topological polar surface area (TPSA) is 454 Å². The summed E-state index contributed by atoms with van der Waals surface area (Å²) in [6.45, 7) is -0.180. The summed E-state index contributed by atoms with van der Waals surface area (Å²) in [5, 5.41) is 23.9. The van der Waals surface area contributed by atoms with Gasteiger partial charge in [-0.3, -0.25) is 42.6 Å². The minimum absolute atomic E-state index is 0.00103. The predicted molar refractivity (Wildman–Crippen MR) is 199 cm³/mol. The summed E-state index contributed by atoms with van der Waals surface area (Å²) >= 11 is 0. The standard InChI is InChI=1S/C28H41N12O19P3/c1-28(4-3-13(41)32-6-5-29)56-18-12(55-25(19(18)57-28)39-9-33-14-20(39)34-26(30)36-22(14)44)8-53-61(48,49)59-62(50,51)58-60(46,47)52-7-11-16(42)17(43)24(54-11)40-10-38(2)15-21(40)35-27(31)37-23(15)45/h9-12,16-19,24-25,42-43H,3-8,29H2,1-2H3,(H9-,30,31,32,34,35,36,37,41,44,45,46,47,48,49,50,51)/t11-,12-,16-,17-,18-,19-,24-,25-,28+/m1/s1. The Morgan fingerprint density at radius 3 is 2.40 bits per heavy atom. The van der Waals surface area contributed by atoms with E-state index in [1.165, 1.54) is 35.8 Å². The number of aromatic nitrogens is 8. The third-order valence-corrected chi connectivity index (χ3v) is 13.9. The Labute approximate surface area is 345 Å². The molecule has 3 aliphatic rings. The molecule has 3 aliphatic heterocycles. The number of carbonyl (C=O) groups is 1. The van der Waals surface area contributed by atoms with Gasteiger partial charge >= 0.3 is 21.3 Å². The SMILES string of the molecule is Cn1c[n+]([C@@H]2O[C@H](COP(=O)([O-])OP(=O)(O)OP(=O)(O)OC[C@H]3O[C@@H](n4cnc5c(=O)[nH]c(N)nc54)[C@@H]4O[C@@](C)(CCC(=O)NCCN)O[C@@H]43)[C@@H](O)[C@H]2O)c2nc(N)[nH]c(=O)c21. The summed E-state index contributed by atoms with van der Waals surface area (Å²) in [6, 6.07) is 0. The third kappa shape index (κ3) is 9.54. The molecule has 4 aromatic heterocycles. The number of nitrogens with two attached hydrogens (primary N) is 3. The number of hydrogen-bond donors (Lipinski definition) is 10. The fraction of sp³-hybridized carbons (Fsp3) is 0.607. The Morgan fingerprint density at radius 1 is 1.00 bits per heavy atom. The molecule has 0 bridgehead atoms. The van der Waals surface area contributed by atoms with Gasteiger partial charge in [-0.05, 0) is 6.92 Å². The normalized spacial score (nSPS) is 30.3. The van der Waals surface area contributed by atoms with Gasteiger partial charge in [-0.15, -0.1) is 0 Å². The summed E-state index contributed by atoms with van der Waals surface area (Å²) < 4.78 is 83.7. The zero-order valence-electron chi connectivity index (χ0n) is 32.2. The van der Waals surface area contributed by atoms with Gasteiger partial charge in [0.15, 0.2) is 29.5 Å². The van der Waals surface area contributed by atoms with Crippen molar-refractivity contribution in [2.75, 3.05) is 37.8 Å². The van der Waals surface area contributed by atoms with Crippen molar-refractivity contribution in [3.8, 4) is 0 Å². The molecule has 3 fully saturated rings. The van der Waals surface area contributed by atoms with Crippen molar-refractivity contribution in [3.63, 3.8) is 0 Å². The van der Waals surface area contributed by atoms with Gasteiger partial charge in [0.05, 0.1) is 26.6 Å². The molecule has 3 saturated heterocycles. The van der Waals surface area contributed by atoms with Crippen molar-refractivity contribution in [2.45, 2.75) is 74.6 Å². The van der Waals surface area contributed by atoms with E-state index in [-0.39, 0.29) is 66.1 Å². The average molecular weight is 943 g/mol. The molecule has 0 aromatic carbocycles.